The number of aliphatic hydroxyl groups excluding tert-OH is 1. The van der Waals surface area contributed by atoms with Gasteiger partial charge in [-0.3, -0.25) is 0 Å². The molecule has 5 nitrogen and oxygen atoms in total. The molecule has 0 heterocycles. The molecule has 120 valence electrons. The molecule has 1 aromatic rings. The van der Waals surface area contributed by atoms with Crippen LogP contribution in [0.5, 0.6) is 11.5 Å². The highest BCUT2D eigenvalue weighted by Gasteiger charge is 2.09. The standard InChI is InChI=1S/C16H27NO4/c1-13(2)21-12-14(18)11-17(3)9-10-20-16-7-5-15(19-4)6-8-16/h5-8,13-14,18H,9-12H2,1-4H3/t14-/m0/s1. The monoisotopic (exact) mass is 297 g/mol. The lowest BCUT2D eigenvalue weighted by Gasteiger charge is -2.21. The summed E-state index contributed by atoms with van der Waals surface area (Å²) in [6.45, 7) is 6.16. The number of nitrogens with zero attached hydrogens (tertiary/aromatic N) is 1. The summed E-state index contributed by atoms with van der Waals surface area (Å²) in [5.74, 6) is 1.63. The van der Waals surface area contributed by atoms with Crippen LogP contribution in [0, 0.1) is 0 Å². The predicted molar refractivity (Wildman–Crippen MR) is 83.1 cm³/mol. The van der Waals surface area contributed by atoms with Gasteiger partial charge in [0.1, 0.15) is 18.1 Å². The van der Waals surface area contributed by atoms with E-state index in [1.54, 1.807) is 7.11 Å². The van der Waals surface area contributed by atoms with Crippen molar-refractivity contribution in [3.05, 3.63) is 24.3 Å². The molecule has 0 aliphatic rings. The Morgan fingerprint density at radius 2 is 1.76 bits per heavy atom. The number of methoxy groups -OCH3 is 1. The maximum absolute atomic E-state index is 9.82. The average molecular weight is 297 g/mol. The normalized spacial score (nSPS) is 12.7. The summed E-state index contributed by atoms with van der Waals surface area (Å²) in [4.78, 5) is 2.03. The van der Waals surface area contributed by atoms with E-state index in [1.165, 1.54) is 0 Å². The largest absolute Gasteiger partial charge is 0.497 e. The first-order valence-corrected chi connectivity index (χ1v) is 7.26. The van der Waals surface area contributed by atoms with Crippen molar-refractivity contribution in [2.75, 3.05) is 40.5 Å². The summed E-state index contributed by atoms with van der Waals surface area (Å²) < 4.78 is 16.1. The van der Waals surface area contributed by atoms with E-state index >= 15 is 0 Å². The molecule has 0 saturated carbocycles. The maximum atomic E-state index is 9.82. The Balaban J connectivity index is 2.18. The minimum absolute atomic E-state index is 0.142. The Hall–Kier alpha value is -1.30. The Morgan fingerprint density at radius 1 is 1.14 bits per heavy atom. The number of likely N-dealkylation sites (N-methyl/N-ethyl adjacent to an activating group) is 1. The smallest absolute Gasteiger partial charge is 0.119 e. The van der Waals surface area contributed by atoms with E-state index in [0.717, 1.165) is 18.0 Å². The van der Waals surface area contributed by atoms with E-state index in [2.05, 4.69) is 0 Å². The molecule has 0 radical (unpaired) electrons. The van der Waals surface area contributed by atoms with Crippen LogP contribution in [0.1, 0.15) is 13.8 Å². The van der Waals surface area contributed by atoms with Crippen molar-refractivity contribution in [1.29, 1.82) is 0 Å². The molecule has 0 aliphatic carbocycles. The summed E-state index contributed by atoms with van der Waals surface area (Å²) in [6.07, 6.45) is -0.332. The molecule has 1 aromatic carbocycles. The van der Waals surface area contributed by atoms with Crippen molar-refractivity contribution in [2.45, 2.75) is 26.1 Å². The topological polar surface area (TPSA) is 51.2 Å². The van der Waals surface area contributed by atoms with Gasteiger partial charge in [-0.05, 0) is 45.2 Å². The lowest BCUT2D eigenvalue weighted by Crippen LogP contribution is -2.35. The van der Waals surface area contributed by atoms with Crippen LogP contribution in [0.15, 0.2) is 24.3 Å². The first-order chi connectivity index (χ1) is 10.0. The Labute approximate surface area is 127 Å². The molecule has 0 bridgehead atoms. The van der Waals surface area contributed by atoms with Gasteiger partial charge < -0.3 is 24.2 Å². The number of hydrogen-bond acceptors (Lipinski definition) is 5. The van der Waals surface area contributed by atoms with Gasteiger partial charge in [-0.2, -0.15) is 0 Å². The molecule has 0 amide bonds. The molecule has 0 spiro atoms. The molecular weight excluding hydrogens is 270 g/mol. The van der Waals surface area contributed by atoms with Crippen molar-refractivity contribution < 1.29 is 19.3 Å². The fourth-order valence-electron chi connectivity index (χ4n) is 1.80. The van der Waals surface area contributed by atoms with E-state index in [-0.39, 0.29) is 6.10 Å². The van der Waals surface area contributed by atoms with Gasteiger partial charge in [-0.1, -0.05) is 0 Å². The van der Waals surface area contributed by atoms with Crippen LogP contribution in [0.4, 0.5) is 0 Å². The van der Waals surface area contributed by atoms with Gasteiger partial charge in [0.15, 0.2) is 0 Å². The van der Waals surface area contributed by atoms with Crippen LogP contribution in [-0.4, -0.2) is 62.7 Å². The molecule has 21 heavy (non-hydrogen) atoms. The van der Waals surface area contributed by atoms with Crippen LogP contribution in [0.25, 0.3) is 0 Å². The van der Waals surface area contributed by atoms with E-state index in [0.29, 0.717) is 19.8 Å². The molecule has 5 heteroatoms. The molecule has 0 fully saturated rings. The van der Waals surface area contributed by atoms with Crippen molar-refractivity contribution in [3.8, 4) is 11.5 Å². The second-order valence-corrected chi connectivity index (χ2v) is 5.32. The molecule has 1 rings (SSSR count). The summed E-state index contributed by atoms with van der Waals surface area (Å²) in [7, 11) is 3.59. The second-order valence-electron chi connectivity index (χ2n) is 5.32. The fraction of sp³-hybridized carbons (Fsp3) is 0.625. The van der Waals surface area contributed by atoms with Crippen molar-refractivity contribution in [1.82, 2.24) is 4.90 Å². The molecular formula is C16H27NO4. The fourth-order valence-corrected chi connectivity index (χ4v) is 1.80. The first-order valence-electron chi connectivity index (χ1n) is 7.26. The minimum atomic E-state index is -0.474. The van der Waals surface area contributed by atoms with Gasteiger partial charge in [-0.15, -0.1) is 0 Å². The molecule has 1 N–H and O–H groups in total. The van der Waals surface area contributed by atoms with E-state index in [9.17, 15) is 5.11 Å². The van der Waals surface area contributed by atoms with Crippen LogP contribution >= 0.6 is 0 Å². The SMILES string of the molecule is COc1ccc(OCCN(C)C[C@H](O)COC(C)C)cc1. The van der Waals surface area contributed by atoms with Crippen LogP contribution in [0.2, 0.25) is 0 Å². The van der Waals surface area contributed by atoms with Crippen LogP contribution in [-0.2, 0) is 4.74 Å². The Bertz CT molecular complexity index is 380. The van der Waals surface area contributed by atoms with Gasteiger partial charge in [0, 0.05) is 13.1 Å². The van der Waals surface area contributed by atoms with Crippen molar-refractivity contribution in [3.63, 3.8) is 0 Å². The summed E-state index contributed by atoms with van der Waals surface area (Å²) in [5, 5.41) is 9.82. The van der Waals surface area contributed by atoms with Crippen LogP contribution < -0.4 is 9.47 Å². The van der Waals surface area contributed by atoms with Crippen molar-refractivity contribution >= 4 is 0 Å². The van der Waals surface area contributed by atoms with Gasteiger partial charge in [-0.25, -0.2) is 0 Å². The highest BCUT2D eigenvalue weighted by Crippen LogP contribution is 2.16. The van der Waals surface area contributed by atoms with E-state index in [4.69, 9.17) is 14.2 Å². The second kappa shape index (κ2) is 9.60. The summed E-state index contributed by atoms with van der Waals surface area (Å²) in [6, 6.07) is 7.49. The van der Waals surface area contributed by atoms with E-state index < -0.39 is 6.10 Å². The highest BCUT2D eigenvalue weighted by atomic mass is 16.5. The number of aliphatic hydroxyl groups is 1. The Morgan fingerprint density at radius 3 is 2.33 bits per heavy atom. The zero-order chi connectivity index (χ0) is 15.7. The lowest BCUT2D eigenvalue weighted by molar-refractivity contribution is -0.00649. The number of hydrogen-bond donors (Lipinski definition) is 1. The lowest BCUT2D eigenvalue weighted by atomic mass is 10.3. The number of ether oxygens (including phenoxy) is 3. The first kappa shape index (κ1) is 17.8. The predicted octanol–water partition coefficient (Wildman–Crippen LogP) is 1.79. The summed E-state index contributed by atoms with van der Waals surface area (Å²) >= 11 is 0. The summed E-state index contributed by atoms with van der Waals surface area (Å²) in [5.41, 5.74) is 0. The van der Waals surface area contributed by atoms with Crippen LogP contribution in [0.3, 0.4) is 0 Å². The Kier molecular flexibility index (Phi) is 8.12. The third-order valence-electron chi connectivity index (χ3n) is 2.95. The van der Waals surface area contributed by atoms with Crippen molar-refractivity contribution in [2.24, 2.45) is 0 Å². The number of rotatable bonds is 10. The zero-order valence-corrected chi connectivity index (χ0v) is 13.4. The molecule has 0 unspecified atom stereocenters. The van der Waals surface area contributed by atoms with Gasteiger partial charge >= 0.3 is 0 Å². The highest BCUT2D eigenvalue weighted by molar-refractivity contribution is 5.31. The van der Waals surface area contributed by atoms with E-state index in [1.807, 2.05) is 50.1 Å². The zero-order valence-electron chi connectivity index (χ0n) is 13.4. The van der Waals surface area contributed by atoms with Gasteiger partial charge in [0.05, 0.1) is 25.9 Å². The quantitative estimate of drug-likeness (QED) is 0.713. The third kappa shape index (κ3) is 7.90. The number of benzene rings is 1. The average Bonchev–Trinajstić information content (AvgIpc) is 2.46. The molecule has 1 atom stereocenters. The minimum Gasteiger partial charge on any atom is -0.497 e. The molecule has 0 aliphatic heterocycles. The van der Waals surface area contributed by atoms with Gasteiger partial charge in [0.2, 0.25) is 0 Å². The molecule has 0 aromatic heterocycles. The van der Waals surface area contributed by atoms with Gasteiger partial charge in [0.25, 0.3) is 0 Å². The maximum Gasteiger partial charge on any atom is 0.119 e. The molecule has 0 saturated heterocycles. The third-order valence-corrected chi connectivity index (χ3v) is 2.95.